The molecule has 1 saturated heterocycles. The largest absolute Gasteiger partial charge is 0.323 e. The Morgan fingerprint density at radius 2 is 2.12 bits per heavy atom. The number of nitrogens with one attached hydrogen (secondary N) is 1. The van der Waals surface area contributed by atoms with Crippen molar-refractivity contribution in [2.45, 2.75) is 0 Å². The Morgan fingerprint density at radius 3 is 2.81 bits per heavy atom. The van der Waals surface area contributed by atoms with Crippen LogP contribution in [0.5, 0.6) is 0 Å². The van der Waals surface area contributed by atoms with E-state index >= 15 is 0 Å². The average molecular weight is 372 g/mol. The number of halogens is 2. The lowest BCUT2D eigenvalue weighted by Crippen LogP contribution is -2.30. The molecule has 0 atom stereocenters. The fourth-order valence-corrected chi connectivity index (χ4v) is 3.11. The minimum absolute atomic E-state index is 0.187. The van der Waals surface area contributed by atoms with Crippen LogP contribution in [0.1, 0.15) is 10.5 Å². The predicted molar refractivity (Wildman–Crippen MR) is 95.7 cm³/mol. The Hall–Kier alpha value is -2.77. The summed E-state index contributed by atoms with van der Waals surface area (Å²) in [7, 11) is 0. The Labute approximate surface area is 154 Å². The number of aromatic nitrogens is 3. The number of pyridine rings is 1. The van der Waals surface area contributed by atoms with Crippen LogP contribution >= 0.6 is 11.6 Å². The summed E-state index contributed by atoms with van der Waals surface area (Å²) in [5.41, 5.74) is 1.34. The second-order valence-electron chi connectivity index (χ2n) is 5.90. The van der Waals surface area contributed by atoms with Crippen LogP contribution < -0.4 is 5.32 Å². The summed E-state index contributed by atoms with van der Waals surface area (Å²) in [4.78, 5) is 18.7. The van der Waals surface area contributed by atoms with Crippen molar-refractivity contribution in [3.05, 3.63) is 65.2 Å². The van der Waals surface area contributed by atoms with Crippen molar-refractivity contribution in [2.24, 2.45) is 0 Å². The molecule has 0 saturated carbocycles. The Balaban J connectivity index is 1.84. The molecule has 1 aliphatic heterocycles. The van der Waals surface area contributed by atoms with Crippen LogP contribution in [0.15, 0.2) is 48.7 Å². The van der Waals surface area contributed by atoms with E-state index in [1.165, 1.54) is 16.8 Å². The third-order valence-corrected chi connectivity index (χ3v) is 4.32. The zero-order chi connectivity index (χ0) is 18.1. The molecule has 8 heteroatoms. The zero-order valence-corrected chi connectivity index (χ0v) is 14.4. The highest BCUT2D eigenvalue weighted by Crippen LogP contribution is 2.27. The van der Waals surface area contributed by atoms with Gasteiger partial charge >= 0.3 is 0 Å². The number of carbonyl (C=O) groups is 1. The molecule has 6 nitrogen and oxygen atoms in total. The maximum atomic E-state index is 13.8. The predicted octanol–water partition coefficient (Wildman–Crippen LogP) is 2.73. The highest BCUT2D eigenvalue weighted by molar-refractivity contribution is 6.30. The molecule has 0 radical (unpaired) electrons. The first-order valence-corrected chi connectivity index (χ1v) is 8.47. The van der Waals surface area contributed by atoms with Gasteiger partial charge in [-0.1, -0.05) is 17.7 Å². The number of benzene rings is 1. The molecule has 4 rings (SSSR count). The van der Waals surface area contributed by atoms with E-state index in [9.17, 15) is 9.18 Å². The number of hydrogen-bond acceptors (Lipinski definition) is 4. The fourth-order valence-electron chi connectivity index (χ4n) is 2.89. The average Bonchev–Trinajstić information content (AvgIpc) is 3.31. The summed E-state index contributed by atoms with van der Waals surface area (Å²) in [6.45, 7) is 1.85. The van der Waals surface area contributed by atoms with Gasteiger partial charge in [0, 0.05) is 29.9 Å². The van der Waals surface area contributed by atoms with Crippen molar-refractivity contribution in [1.82, 2.24) is 25.0 Å². The lowest BCUT2D eigenvalue weighted by molar-refractivity contribution is 0.0785. The van der Waals surface area contributed by atoms with Crippen molar-refractivity contribution >= 4 is 17.5 Å². The van der Waals surface area contributed by atoms with Crippen LogP contribution in [0.2, 0.25) is 5.02 Å². The topological polar surface area (TPSA) is 63.1 Å². The van der Waals surface area contributed by atoms with E-state index in [1.54, 1.807) is 35.4 Å². The quantitative estimate of drug-likeness (QED) is 0.769. The SMILES string of the molecule is O=C(c1cc(-c2cc(F)cc(Cl)c2)n(-c2ccccn2)n1)N1CCNC1. The molecule has 3 heterocycles. The van der Waals surface area contributed by atoms with E-state index < -0.39 is 5.82 Å². The lowest BCUT2D eigenvalue weighted by atomic mass is 10.1. The van der Waals surface area contributed by atoms with Crippen LogP contribution in [0.4, 0.5) is 4.39 Å². The van der Waals surface area contributed by atoms with Crippen molar-refractivity contribution in [1.29, 1.82) is 0 Å². The van der Waals surface area contributed by atoms with Gasteiger partial charge in [-0.05, 0) is 36.4 Å². The van der Waals surface area contributed by atoms with E-state index in [0.717, 1.165) is 6.54 Å². The Bertz CT molecular complexity index is 933. The molecule has 1 amide bonds. The van der Waals surface area contributed by atoms with Crippen molar-refractivity contribution in [2.75, 3.05) is 19.8 Å². The number of nitrogens with zero attached hydrogens (tertiary/aromatic N) is 4. The van der Waals surface area contributed by atoms with Crippen molar-refractivity contribution < 1.29 is 9.18 Å². The van der Waals surface area contributed by atoms with Gasteiger partial charge in [0.2, 0.25) is 0 Å². The summed E-state index contributed by atoms with van der Waals surface area (Å²) in [5.74, 6) is -0.118. The van der Waals surface area contributed by atoms with Crippen molar-refractivity contribution in [3.8, 4) is 17.1 Å². The van der Waals surface area contributed by atoms with Crippen LogP contribution in [-0.4, -0.2) is 45.3 Å². The smallest absolute Gasteiger partial charge is 0.275 e. The van der Waals surface area contributed by atoms with Gasteiger partial charge in [0.15, 0.2) is 11.5 Å². The fraction of sp³-hybridized carbons (Fsp3) is 0.167. The normalized spacial score (nSPS) is 14.0. The number of hydrogen-bond donors (Lipinski definition) is 1. The highest BCUT2D eigenvalue weighted by Gasteiger charge is 2.24. The van der Waals surface area contributed by atoms with Gasteiger partial charge in [0.1, 0.15) is 5.82 Å². The first-order valence-electron chi connectivity index (χ1n) is 8.10. The summed E-state index contributed by atoms with van der Waals surface area (Å²) in [6, 6.07) is 11.2. The van der Waals surface area contributed by atoms with E-state index in [0.29, 0.717) is 30.3 Å². The minimum atomic E-state index is -0.460. The molecule has 1 aromatic carbocycles. The lowest BCUT2D eigenvalue weighted by Gasteiger charge is -2.11. The highest BCUT2D eigenvalue weighted by atomic mass is 35.5. The van der Waals surface area contributed by atoms with Gasteiger partial charge in [-0.25, -0.2) is 14.1 Å². The molecule has 132 valence electrons. The summed E-state index contributed by atoms with van der Waals surface area (Å²) in [6.07, 6.45) is 1.63. The molecular formula is C18H15ClFN5O. The molecule has 0 aliphatic carbocycles. The molecule has 1 N–H and O–H groups in total. The number of carbonyl (C=O) groups excluding carboxylic acids is 1. The second kappa shape index (κ2) is 6.86. The summed E-state index contributed by atoms with van der Waals surface area (Å²) < 4.78 is 15.4. The standard InChI is InChI=1S/C18H15ClFN5O/c19-13-7-12(8-14(20)9-13)16-10-15(18(26)24-6-5-21-11-24)23-25(16)17-3-1-2-4-22-17/h1-4,7-10,21H,5-6,11H2. The van der Waals surface area contributed by atoms with E-state index in [-0.39, 0.29) is 16.6 Å². The molecule has 1 fully saturated rings. The van der Waals surface area contributed by atoms with Crippen LogP contribution in [0.3, 0.4) is 0 Å². The third-order valence-electron chi connectivity index (χ3n) is 4.10. The first kappa shape index (κ1) is 16.7. The maximum Gasteiger partial charge on any atom is 0.275 e. The number of amides is 1. The van der Waals surface area contributed by atoms with Gasteiger partial charge in [-0.3, -0.25) is 10.1 Å². The summed E-state index contributed by atoms with van der Waals surface area (Å²) in [5, 5.41) is 7.81. The molecule has 0 bridgehead atoms. The van der Waals surface area contributed by atoms with Gasteiger partial charge in [0.25, 0.3) is 5.91 Å². The Morgan fingerprint density at radius 1 is 1.23 bits per heavy atom. The molecular weight excluding hydrogens is 357 g/mol. The molecule has 1 aliphatic rings. The molecule has 3 aromatic rings. The molecule has 0 unspecified atom stereocenters. The molecule has 0 spiro atoms. The van der Waals surface area contributed by atoms with Gasteiger partial charge in [-0.2, -0.15) is 5.10 Å². The zero-order valence-electron chi connectivity index (χ0n) is 13.7. The van der Waals surface area contributed by atoms with E-state index in [2.05, 4.69) is 15.4 Å². The monoisotopic (exact) mass is 371 g/mol. The third kappa shape index (κ3) is 3.18. The van der Waals surface area contributed by atoms with E-state index in [4.69, 9.17) is 11.6 Å². The van der Waals surface area contributed by atoms with Gasteiger partial charge in [-0.15, -0.1) is 0 Å². The van der Waals surface area contributed by atoms with Crippen molar-refractivity contribution in [3.63, 3.8) is 0 Å². The number of rotatable bonds is 3. The second-order valence-corrected chi connectivity index (χ2v) is 6.34. The van der Waals surface area contributed by atoms with Crippen LogP contribution in [0, 0.1) is 5.82 Å². The van der Waals surface area contributed by atoms with Crippen LogP contribution in [0.25, 0.3) is 17.1 Å². The summed E-state index contributed by atoms with van der Waals surface area (Å²) >= 11 is 6.00. The first-order chi connectivity index (χ1) is 12.6. The van der Waals surface area contributed by atoms with Gasteiger partial charge in [0.05, 0.1) is 12.4 Å². The van der Waals surface area contributed by atoms with Crippen LogP contribution in [-0.2, 0) is 0 Å². The minimum Gasteiger partial charge on any atom is -0.323 e. The van der Waals surface area contributed by atoms with Gasteiger partial charge < -0.3 is 4.90 Å². The Kier molecular flexibility index (Phi) is 4.40. The molecule has 26 heavy (non-hydrogen) atoms. The maximum absolute atomic E-state index is 13.8. The molecule has 2 aromatic heterocycles. The van der Waals surface area contributed by atoms with E-state index in [1.807, 2.05) is 6.07 Å².